The van der Waals surface area contributed by atoms with E-state index in [9.17, 15) is 14.4 Å². The van der Waals surface area contributed by atoms with E-state index in [4.69, 9.17) is 4.74 Å². The van der Waals surface area contributed by atoms with Gasteiger partial charge in [0.25, 0.3) is 0 Å². The van der Waals surface area contributed by atoms with Crippen LogP contribution in [0.5, 0.6) is 0 Å². The molecule has 0 aliphatic carbocycles. The summed E-state index contributed by atoms with van der Waals surface area (Å²) >= 11 is 0. The molecular formula is C25H26N2O4. The highest BCUT2D eigenvalue weighted by atomic mass is 16.5. The lowest BCUT2D eigenvalue weighted by Crippen LogP contribution is -2.30. The van der Waals surface area contributed by atoms with Crippen molar-refractivity contribution in [3.8, 4) is 0 Å². The van der Waals surface area contributed by atoms with E-state index in [1.807, 2.05) is 55.5 Å². The molecule has 1 N–H and O–H groups in total. The molecule has 1 aromatic heterocycles. The molecule has 1 aliphatic heterocycles. The van der Waals surface area contributed by atoms with Gasteiger partial charge in [0.1, 0.15) is 0 Å². The third kappa shape index (κ3) is 4.10. The molecule has 160 valence electrons. The zero-order valence-electron chi connectivity index (χ0n) is 17.8. The Kier molecular flexibility index (Phi) is 5.89. The summed E-state index contributed by atoms with van der Waals surface area (Å²) < 4.78 is 5.32. The van der Waals surface area contributed by atoms with Crippen molar-refractivity contribution in [2.24, 2.45) is 5.92 Å². The van der Waals surface area contributed by atoms with Gasteiger partial charge in [-0.1, -0.05) is 55.5 Å². The second-order valence-corrected chi connectivity index (χ2v) is 7.96. The van der Waals surface area contributed by atoms with Crippen molar-refractivity contribution in [2.45, 2.75) is 32.7 Å². The fourth-order valence-electron chi connectivity index (χ4n) is 4.25. The van der Waals surface area contributed by atoms with E-state index in [1.54, 1.807) is 11.1 Å². The smallest absolute Gasteiger partial charge is 0.311 e. The summed E-state index contributed by atoms with van der Waals surface area (Å²) in [5.74, 6) is -1.39. The van der Waals surface area contributed by atoms with Gasteiger partial charge in [0.15, 0.2) is 6.61 Å². The molecule has 0 unspecified atom stereocenters. The third-order valence-corrected chi connectivity index (χ3v) is 6.07. The monoisotopic (exact) mass is 418 g/mol. The lowest BCUT2D eigenvalue weighted by atomic mass is 10.1. The molecule has 0 bridgehead atoms. The predicted molar refractivity (Wildman–Crippen MR) is 118 cm³/mol. The second kappa shape index (κ2) is 8.76. The van der Waals surface area contributed by atoms with Crippen LogP contribution in [0.15, 0.2) is 54.7 Å². The van der Waals surface area contributed by atoms with E-state index in [1.165, 1.54) is 0 Å². The van der Waals surface area contributed by atoms with Crippen molar-refractivity contribution in [1.29, 1.82) is 0 Å². The van der Waals surface area contributed by atoms with Crippen molar-refractivity contribution in [1.82, 2.24) is 9.88 Å². The number of aromatic nitrogens is 1. The summed E-state index contributed by atoms with van der Waals surface area (Å²) in [5.41, 5.74) is 3.60. The first-order valence-electron chi connectivity index (χ1n) is 10.6. The highest BCUT2D eigenvalue weighted by molar-refractivity contribution is 6.09. The van der Waals surface area contributed by atoms with Crippen LogP contribution in [0.4, 0.5) is 0 Å². The topological polar surface area (TPSA) is 79.5 Å². The van der Waals surface area contributed by atoms with E-state index >= 15 is 0 Å². The molecule has 0 saturated carbocycles. The van der Waals surface area contributed by atoms with E-state index in [0.29, 0.717) is 12.1 Å². The number of ketones is 1. The molecule has 6 heteroatoms. The maximum atomic E-state index is 12.7. The van der Waals surface area contributed by atoms with E-state index < -0.39 is 11.9 Å². The number of esters is 1. The quantitative estimate of drug-likeness (QED) is 0.463. The number of Topliss-reactive ketones (excluding diaryl/α,β-unsaturated/α-hetero) is 1. The highest BCUT2D eigenvalue weighted by Crippen LogP contribution is 2.29. The lowest BCUT2D eigenvalue weighted by Gasteiger charge is -2.25. The van der Waals surface area contributed by atoms with Gasteiger partial charge in [-0.05, 0) is 24.5 Å². The second-order valence-electron chi connectivity index (χ2n) is 7.96. The molecule has 1 fully saturated rings. The minimum Gasteiger partial charge on any atom is -0.457 e. The van der Waals surface area contributed by atoms with Crippen LogP contribution in [0.25, 0.3) is 10.9 Å². The number of carbonyl (C=O) groups excluding carboxylic acids is 3. The molecule has 31 heavy (non-hydrogen) atoms. The van der Waals surface area contributed by atoms with Gasteiger partial charge >= 0.3 is 5.97 Å². The van der Waals surface area contributed by atoms with Gasteiger partial charge in [-0.25, -0.2) is 0 Å². The van der Waals surface area contributed by atoms with Gasteiger partial charge in [0, 0.05) is 35.6 Å². The minimum atomic E-state index is -0.555. The Morgan fingerprint density at radius 3 is 2.68 bits per heavy atom. The zero-order chi connectivity index (χ0) is 22.0. The van der Waals surface area contributed by atoms with Crippen LogP contribution in [0.1, 0.15) is 47.8 Å². The van der Waals surface area contributed by atoms with Crippen LogP contribution in [-0.4, -0.2) is 40.7 Å². The Labute approximate surface area is 181 Å². The van der Waals surface area contributed by atoms with E-state index in [-0.39, 0.29) is 30.8 Å². The highest BCUT2D eigenvalue weighted by Gasteiger charge is 2.38. The fraction of sp³-hybridized carbons (Fsp3) is 0.320. The first-order valence-corrected chi connectivity index (χ1v) is 10.6. The molecule has 2 atom stereocenters. The molecule has 3 aromatic rings. The van der Waals surface area contributed by atoms with E-state index in [0.717, 1.165) is 28.5 Å². The van der Waals surface area contributed by atoms with Crippen LogP contribution >= 0.6 is 0 Å². The Morgan fingerprint density at radius 1 is 1.16 bits per heavy atom. The van der Waals surface area contributed by atoms with Crippen LogP contribution in [-0.2, 0) is 20.7 Å². The Hall–Kier alpha value is -3.41. The first-order chi connectivity index (χ1) is 15.0. The molecule has 4 rings (SSSR count). The van der Waals surface area contributed by atoms with Gasteiger partial charge in [-0.15, -0.1) is 0 Å². The number of fused-ring (bicyclic) bond motifs is 1. The van der Waals surface area contributed by atoms with Crippen molar-refractivity contribution >= 4 is 28.6 Å². The number of amides is 1. The van der Waals surface area contributed by atoms with Crippen molar-refractivity contribution in [2.75, 3.05) is 13.2 Å². The first kappa shape index (κ1) is 20.8. The SMILES string of the molecule is CCc1cccc2c(C(=O)COC(=O)[C@H]3CC(=O)N([C@H](C)c4ccccc4)C3)c[nH]c12. The lowest BCUT2D eigenvalue weighted by molar-refractivity contribution is -0.147. The number of aryl methyl sites for hydroxylation is 1. The van der Waals surface area contributed by atoms with E-state index in [2.05, 4.69) is 11.9 Å². The number of para-hydroxylation sites is 1. The summed E-state index contributed by atoms with van der Waals surface area (Å²) in [6, 6.07) is 15.4. The maximum absolute atomic E-state index is 12.7. The number of H-pyrrole nitrogens is 1. The number of carbonyl (C=O) groups is 3. The Bertz CT molecular complexity index is 1120. The Balaban J connectivity index is 1.38. The van der Waals surface area contributed by atoms with Crippen LogP contribution < -0.4 is 0 Å². The average Bonchev–Trinajstić information content (AvgIpc) is 3.41. The van der Waals surface area contributed by atoms with Crippen molar-refractivity contribution in [3.63, 3.8) is 0 Å². The molecular weight excluding hydrogens is 392 g/mol. The van der Waals surface area contributed by atoms with Gasteiger partial charge in [-0.3, -0.25) is 14.4 Å². The summed E-state index contributed by atoms with van der Waals surface area (Å²) in [7, 11) is 0. The molecule has 0 spiro atoms. The summed E-state index contributed by atoms with van der Waals surface area (Å²) in [6.07, 6.45) is 2.63. The van der Waals surface area contributed by atoms with Crippen molar-refractivity contribution in [3.05, 3.63) is 71.4 Å². The number of hydrogen-bond donors (Lipinski definition) is 1. The fourth-order valence-corrected chi connectivity index (χ4v) is 4.25. The number of nitrogens with zero attached hydrogens (tertiary/aromatic N) is 1. The normalized spacial score (nSPS) is 17.2. The van der Waals surface area contributed by atoms with Gasteiger partial charge in [-0.2, -0.15) is 0 Å². The molecule has 2 heterocycles. The van der Waals surface area contributed by atoms with Gasteiger partial charge < -0.3 is 14.6 Å². The van der Waals surface area contributed by atoms with Crippen LogP contribution in [0.3, 0.4) is 0 Å². The summed E-state index contributed by atoms with van der Waals surface area (Å²) in [5, 5.41) is 0.833. The van der Waals surface area contributed by atoms with Gasteiger partial charge in [0.05, 0.1) is 12.0 Å². The number of hydrogen-bond acceptors (Lipinski definition) is 4. The minimum absolute atomic E-state index is 0.0756. The number of rotatable bonds is 7. The Morgan fingerprint density at radius 2 is 1.94 bits per heavy atom. The average molecular weight is 418 g/mol. The number of benzene rings is 2. The number of likely N-dealkylation sites (tertiary alicyclic amines) is 1. The number of nitrogens with one attached hydrogen (secondary N) is 1. The molecule has 1 saturated heterocycles. The summed E-state index contributed by atoms with van der Waals surface area (Å²) in [4.78, 5) is 42.6. The number of aromatic amines is 1. The molecule has 2 aromatic carbocycles. The van der Waals surface area contributed by atoms with Crippen molar-refractivity contribution < 1.29 is 19.1 Å². The van der Waals surface area contributed by atoms with Crippen LogP contribution in [0, 0.1) is 5.92 Å². The summed E-state index contributed by atoms with van der Waals surface area (Å²) in [6.45, 7) is 3.98. The van der Waals surface area contributed by atoms with Crippen LogP contribution in [0.2, 0.25) is 0 Å². The third-order valence-electron chi connectivity index (χ3n) is 6.07. The molecule has 6 nitrogen and oxygen atoms in total. The molecule has 1 aliphatic rings. The predicted octanol–water partition coefficient (Wildman–Crippen LogP) is 4.07. The molecule has 0 radical (unpaired) electrons. The maximum Gasteiger partial charge on any atom is 0.311 e. The zero-order valence-corrected chi connectivity index (χ0v) is 17.8. The largest absolute Gasteiger partial charge is 0.457 e. The molecule has 1 amide bonds. The number of ether oxygens (including phenoxy) is 1. The standard InChI is InChI=1S/C25H26N2O4/c1-3-17-10-7-11-20-21(13-26-24(17)20)22(28)15-31-25(30)19-12-23(29)27(14-19)16(2)18-8-5-4-6-9-18/h4-11,13,16,19,26H,3,12,14-15H2,1-2H3/t16-,19+/m1/s1. The van der Waals surface area contributed by atoms with Gasteiger partial charge in [0.2, 0.25) is 11.7 Å².